The molecule has 1 aliphatic rings. The standard InChI is InChI=1S/C20H19FO3S/c1-13-17(9-10-22)20-12-15(21)5-8-18(20)19(13)11-14-3-6-16(7-4-14)25(2,23)24/h3-8,11-12,22H,9-10H2,1-2H3/b19-11-. The van der Waals surface area contributed by atoms with Gasteiger partial charge in [0.05, 0.1) is 4.90 Å². The summed E-state index contributed by atoms with van der Waals surface area (Å²) in [5, 5.41) is 9.32. The summed E-state index contributed by atoms with van der Waals surface area (Å²) >= 11 is 0. The summed E-state index contributed by atoms with van der Waals surface area (Å²) in [7, 11) is -3.23. The van der Waals surface area contributed by atoms with E-state index in [-0.39, 0.29) is 17.3 Å². The summed E-state index contributed by atoms with van der Waals surface area (Å²) in [6.07, 6.45) is 3.60. The zero-order chi connectivity index (χ0) is 18.2. The van der Waals surface area contributed by atoms with Crippen LogP contribution in [0, 0.1) is 5.82 Å². The van der Waals surface area contributed by atoms with Crippen LogP contribution in [0.5, 0.6) is 0 Å². The molecule has 0 saturated carbocycles. The topological polar surface area (TPSA) is 54.4 Å². The molecule has 0 aliphatic heterocycles. The third-order valence-electron chi connectivity index (χ3n) is 4.43. The van der Waals surface area contributed by atoms with E-state index < -0.39 is 9.84 Å². The smallest absolute Gasteiger partial charge is 0.175 e. The number of allylic oxidation sites excluding steroid dienone is 2. The van der Waals surface area contributed by atoms with E-state index in [9.17, 15) is 17.9 Å². The zero-order valence-electron chi connectivity index (χ0n) is 14.1. The second kappa shape index (κ2) is 6.58. The van der Waals surface area contributed by atoms with Crippen LogP contribution in [0.2, 0.25) is 0 Å². The number of benzene rings is 2. The first-order chi connectivity index (χ1) is 11.8. The first-order valence-corrected chi connectivity index (χ1v) is 9.83. The Labute approximate surface area is 147 Å². The van der Waals surface area contributed by atoms with Crippen molar-refractivity contribution >= 4 is 27.1 Å². The molecule has 25 heavy (non-hydrogen) atoms. The Morgan fingerprint density at radius 1 is 1.08 bits per heavy atom. The first-order valence-electron chi connectivity index (χ1n) is 7.94. The Morgan fingerprint density at radius 3 is 2.36 bits per heavy atom. The van der Waals surface area contributed by atoms with Crippen LogP contribution in [0.15, 0.2) is 52.9 Å². The lowest BCUT2D eigenvalue weighted by atomic mass is 10.0. The van der Waals surface area contributed by atoms with Crippen molar-refractivity contribution in [3.05, 3.63) is 70.5 Å². The summed E-state index contributed by atoms with van der Waals surface area (Å²) in [6, 6.07) is 11.3. The van der Waals surface area contributed by atoms with Gasteiger partial charge in [-0.25, -0.2) is 12.8 Å². The number of aliphatic hydroxyl groups is 1. The lowest BCUT2D eigenvalue weighted by molar-refractivity contribution is 0.305. The van der Waals surface area contributed by atoms with Crippen LogP contribution in [0.3, 0.4) is 0 Å². The van der Waals surface area contributed by atoms with Crippen LogP contribution in [-0.2, 0) is 9.84 Å². The first kappa shape index (κ1) is 17.6. The van der Waals surface area contributed by atoms with Gasteiger partial charge in [0.25, 0.3) is 0 Å². The van der Waals surface area contributed by atoms with E-state index in [1.54, 1.807) is 30.3 Å². The summed E-state index contributed by atoms with van der Waals surface area (Å²) in [5.41, 5.74) is 5.51. The average molecular weight is 358 g/mol. The van der Waals surface area contributed by atoms with Crippen molar-refractivity contribution in [3.63, 3.8) is 0 Å². The minimum Gasteiger partial charge on any atom is -0.396 e. The molecule has 1 N–H and O–H groups in total. The lowest BCUT2D eigenvalue weighted by Gasteiger charge is -2.05. The van der Waals surface area contributed by atoms with E-state index in [0.29, 0.717) is 6.42 Å². The Morgan fingerprint density at radius 2 is 1.76 bits per heavy atom. The fraction of sp³-hybridized carbons (Fsp3) is 0.200. The van der Waals surface area contributed by atoms with Crippen LogP contribution < -0.4 is 0 Å². The van der Waals surface area contributed by atoms with Gasteiger partial charge < -0.3 is 5.11 Å². The lowest BCUT2D eigenvalue weighted by Crippen LogP contribution is -1.96. The Hall–Kier alpha value is -2.24. The predicted molar refractivity (Wildman–Crippen MR) is 98.1 cm³/mol. The van der Waals surface area contributed by atoms with E-state index in [1.165, 1.54) is 18.4 Å². The molecule has 0 fully saturated rings. The third kappa shape index (κ3) is 3.43. The van der Waals surface area contributed by atoms with Gasteiger partial charge in [-0.1, -0.05) is 18.2 Å². The van der Waals surface area contributed by atoms with E-state index in [4.69, 9.17) is 0 Å². The molecule has 0 amide bonds. The highest BCUT2D eigenvalue weighted by Gasteiger charge is 2.23. The van der Waals surface area contributed by atoms with Gasteiger partial charge in [-0.15, -0.1) is 0 Å². The molecule has 2 aromatic carbocycles. The molecule has 5 heteroatoms. The highest BCUT2D eigenvalue weighted by atomic mass is 32.2. The molecule has 0 aromatic heterocycles. The van der Waals surface area contributed by atoms with Crippen molar-refractivity contribution in [2.45, 2.75) is 18.2 Å². The summed E-state index contributed by atoms with van der Waals surface area (Å²) in [6.45, 7) is 1.96. The molecule has 0 atom stereocenters. The predicted octanol–water partition coefficient (Wildman–Crippen LogP) is 3.94. The molecule has 0 radical (unpaired) electrons. The maximum absolute atomic E-state index is 13.7. The monoisotopic (exact) mass is 358 g/mol. The zero-order valence-corrected chi connectivity index (χ0v) is 14.9. The van der Waals surface area contributed by atoms with Crippen molar-refractivity contribution in [3.8, 4) is 0 Å². The van der Waals surface area contributed by atoms with Crippen molar-refractivity contribution in [2.75, 3.05) is 12.9 Å². The largest absolute Gasteiger partial charge is 0.396 e. The van der Waals surface area contributed by atoms with Crippen molar-refractivity contribution in [1.29, 1.82) is 0 Å². The maximum atomic E-state index is 13.7. The highest BCUT2D eigenvalue weighted by Crippen LogP contribution is 2.43. The summed E-state index contributed by atoms with van der Waals surface area (Å²) in [5.74, 6) is -0.305. The van der Waals surface area contributed by atoms with Gasteiger partial charge >= 0.3 is 0 Å². The average Bonchev–Trinajstić information content (AvgIpc) is 2.80. The number of aliphatic hydroxyl groups excluding tert-OH is 1. The van der Waals surface area contributed by atoms with Crippen LogP contribution in [0.1, 0.15) is 30.0 Å². The molecule has 2 aromatic rings. The molecule has 0 spiro atoms. The molecule has 130 valence electrons. The fourth-order valence-corrected chi connectivity index (χ4v) is 3.80. The fourth-order valence-electron chi connectivity index (χ4n) is 3.17. The van der Waals surface area contributed by atoms with Gasteiger partial charge in [-0.3, -0.25) is 0 Å². The number of hydrogen-bond acceptors (Lipinski definition) is 3. The number of sulfone groups is 1. The van der Waals surface area contributed by atoms with Crippen LogP contribution >= 0.6 is 0 Å². The van der Waals surface area contributed by atoms with Crippen molar-refractivity contribution in [2.24, 2.45) is 0 Å². The van der Waals surface area contributed by atoms with Gasteiger partial charge in [0.1, 0.15) is 5.82 Å². The number of rotatable bonds is 4. The minimum absolute atomic E-state index is 0.00103. The van der Waals surface area contributed by atoms with E-state index in [1.807, 2.05) is 13.0 Å². The molecule has 0 bridgehead atoms. The van der Waals surface area contributed by atoms with E-state index >= 15 is 0 Å². The molecule has 3 rings (SSSR count). The SMILES string of the molecule is CC1=C(CCO)c2cc(F)ccc2/C1=C\c1ccc(S(C)(=O)=O)cc1. The number of halogens is 1. The van der Waals surface area contributed by atoms with Crippen molar-refractivity contribution < 1.29 is 17.9 Å². The molecule has 3 nitrogen and oxygen atoms in total. The van der Waals surface area contributed by atoms with Gasteiger partial charge in [0, 0.05) is 12.9 Å². The highest BCUT2D eigenvalue weighted by molar-refractivity contribution is 7.90. The molecular weight excluding hydrogens is 339 g/mol. The van der Waals surface area contributed by atoms with Crippen LogP contribution in [0.25, 0.3) is 17.2 Å². The normalized spacial score (nSPS) is 15.8. The minimum atomic E-state index is -3.23. The Kier molecular flexibility index (Phi) is 4.62. The van der Waals surface area contributed by atoms with Gasteiger partial charge in [-0.2, -0.15) is 0 Å². The molecule has 0 heterocycles. The molecule has 1 aliphatic carbocycles. The number of hydrogen-bond donors (Lipinski definition) is 1. The van der Waals surface area contributed by atoms with Gasteiger partial charge in [0.2, 0.25) is 0 Å². The van der Waals surface area contributed by atoms with Crippen LogP contribution in [-0.4, -0.2) is 26.4 Å². The molecule has 0 saturated heterocycles. The quantitative estimate of drug-likeness (QED) is 0.901. The molecule has 0 unspecified atom stereocenters. The summed E-state index contributed by atoms with van der Waals surface area (Å²) in [4.78, 5) is 0.275. The Bertz CT molecular complexity index is 984. The van der Waals surface area contributed by atoms with Crippen LogP contribution in [0.4, 0.5) is 4.39 Å². The van der Waals surface area contributed by atoms with Gasteiger partial charge in [0.15, 0.2) is 9.84 Å². The summed E-state index contributed by atoms with van der Waals surface area (Å²) < 4.78 is 36.8. The second-order valence-electron chi connectivity index (χ2n) is 6.17. The van der Waals surface area contributed by atoms with E-state index in [2.05, 4.69) is 0 Å². The Balaban J connectivity index is 2.09. The second-order valence-corrected chi connectivity index (χ2v) is 8.18. The van der Waals surface area contributed by atoms with E-state index in [0.717, 1.165) is 33.4 Å². The maximum Gasteiger partial charge on any atom is 0.175 e. The third-order valence-corrected chi connectivity index (χ3v) is 5.56. The van der Waals surface area contributed by atoms with Gasteiger partial charge in [-0.05, 0) is 77.1 Å². The molecular formula is C20H19FO3S. The van der Waals surface area contributed by atoms with Crippen molar-refractivity contribution in [1.82, 2.24) is 0 Å². The number of fused-ring (bicyclic) bond motifs is 1.